The Hall–Kier alpha value is -2.24. The van der Waals surface area contributed by atoms with Gasteiger partial charge in [-0.05, 0) is 49.4 Å². The molecule has 1 amide bonds. The molecule has 2 N–H and O–H groups in total. The minimum atomic E-state index is 0.227. The number of piperidine rings is 1. The van der Waals surface area contributed by atoms with Crippen molar-refractivity contribution in [2.45, 2.75) is 50.6 Å². The summed E-state index contributed by atoms with van der Waals surface area (Å²) in [7, 11) is 0. The number of aryl methyl sites for hydroxylation is 1. The van der Waals surface area contributed by atoms with Gasteiger partial charge in [0.25, 0.3) is 0 Å². The molecule has 3 atom stereocenters. The van der Waals surface area contributed by atoms with E-state index in [-0.39, 0.29) is 18.0 Å². The topological polar surface area (TPSA) is 57.3 Å². The van der Waals surface area contributed by atoms with Crippen molar-refractivity contribution in [1.29, 1.82) is 0 Å². The van der Waals surface area contributed by atoms with Crippen LogP contribution >= 0.6 is 0 Å². The Bertz CT molecular complexity index is 762. The molecule has 2 fully saturated rings. The van der Waals surface area contributed by atoms with Gasteiger partial charge in [-0.25, -0.2) is 0 Å². The van der Waals surface area contributed by atoms with Crippen molar-refractivity contribution in [3.8, 4) is 0 Å². The van der Waals surface area contributed by atoms with Gasteiger partial charge in [0.2, 0.25) is 5.91 Å². The molecule has 1 aromatic carbocycles. The highest BCUT2D eigenvalue weighted by molar-refractivity contribution is 5.79. The van der Waals surface area contributed by atoms with Crippen molar-refractivity contribution in [3.63, 3.8) is 0 Å². The molecule has 2 aliphatic heterocycles. The summed E-state index contributed by atoms with van der Waals surface area (Å²) < 4.78 is 0. The predicted molar refractivity (Wildman–Crippen MR) is 106 cm³/mol. The van der Waals surface area contributed by atoms with Crippen LogP contribution in [0, 0.1) is 6.92 Å². The van der Waals surface area contributed by atoms with Gasteiger partial charge in [-0.15, -0.1) is 0 Å². The van der Waals surface area contributed by atoms with E-state index in [4.69, 9.17) is 0 Å². The number of hydrogen-bond donors (Lipinski definition) is 2. The number of hydrogen-bond acceptors (Lipinski definition) is 4. The number of pyridine rings is 1. The average Bonchev–Trinajstić information content (AvgIpc) is 3.20. The van der Waals surface area contributed by atoms with Gasteiger partial charge in [-0.3, -0.25) is 20.6 Å². The maximum Gasteiger partial charge on any atom is 0.227 e. The van der Waals surface area contributed by atoms with Crippen molar-refractivity contribution >= 4 is 5.91 Å². The fraction of sp³-hybridized carbons (Fsp3) is 0.455. The number of nitrogens with zero attached hydrogens (tertiary/aromatic N) is 2. The van der Waals surface area contributed by atoms with Gasteiger partial charge in [0.1, 0.15) is 0 Å². The van der Waals surface area contributed by atoms with Crippen molar-refractivity contribution in [2.24, 2.45) is 0 Å². The van der Waals surface area contributed by atoms with E-state index < -0.39 is 0 Å². The first-order valence-corrected chi connectivity index (χ1v) is 9.96. The van der Waals surface area contributed by atoms with Gasteiger partial charge in [0.05, 0.1) is 6.42 Å². The van der Waals surface area contributed by atoms with Crippen molar-refractivity contribution in [3.05, 3.63) is 65.5 Å². The first-order valence-electron chi connectivity index (χ1n) is 9.96. The Morgan fingerprint density at radius 1 is 1.15 bits per heavy atom. The van der Waals surface area contributed by atoms with E-state index in [1.807, 2.05) is 12.4 Å². The lowest BCUT2D eigenvalue weighted by molar-refractivity contribution is -0.134. The Morgan fingerprint density at radius 3 is 2.70 bits per heavy atom. The summed E-state index contributed by atoms with van der Waals surface area (Å²) in [5, 5.41) is 0. The van der Waals surface area contributed by atoms with Crippen LogP contribution in [0.3, 0.4) is 0 Å². The third kappa shape index (κ3) is 4.04. The lowest BCUT2D eigenvalue weighted by Gasteiger charge is -2.41. The van der Waals surface area contributed by atoms with Crippen LogP contribution in [-0.4, -0.2) is 41.0 Å². The molecule has 0 aliphatic carbocycles. The zero-order valence-electron chi connectivity index (χ0n) is 15.9. The third-order valence-electron chi connectivity index (χ3n) is 5.92. The largest absolute Gasteiger partial charge is 0.338 e. The monoisotopic (exact) mass is 364 g/mol. The quantitative estimate of drug-likeness (QED) is 0.876. The summed E-state index contributed by atoms with van der Waals surface area (Å²) in [6.07, 6.45) is 7.52. The fourth-order valence-electron chi connectivity index (χ4n) is 4.44. The second-order valence-electron chi connectivity index (χ2n) is 7.75. The van der Waals surface area contributed by atoms with E-state index >= 15 is 0 Å². The van der Waals surface area contributed by atoms with Crippen LogP contribution in [0.4, 0.5) is 0 Å². The van der Waals surface area contributed by atoms with E-state index in [2.05, 4.69) is 64.1 Å². The van der Waals surface area contributed by atoms with Crippen LogP contribution in [0.1, 0.15) is 41.9 Å². The molecule has 4 rings (SSSR count). The molecule has 2 aromatic rings. The van der Waals surface area contributed by atoms with Crippen LogP contribution in [0.15, 0.2) is 48.8 Å². The Balaban J connectivity index is 1.51. The van der Waals surface area contributed by atoms with E-state index in [0.717, 1.165) is 31.5 Å². The summed E-state index contributed by atoms with van der Waals surface area (Å²) >= 11 is 0. The van der Waals surface area contributed by atoms with Gasteiger partial charge >= 0.3 is 0 Å². The standard InChI is InChI=1S/C22H28N4O/c1-16-5-7-17(8-6-16)14-21(27)26-13-3-2-4-20(26)22-19(15-24-25-22)18-9-11-23-12-10-18/h5-12,19-20,22,24-25H,2-4,13-15H2,1H3. The number of carbonyl (C=O) groups is 1. The van der Waals surface area contributed by atoms with Gasteiger partial charge in [-0.2, -0.15) is 0 Å². The molecule has 142 valence electrons. The molecule has 3 heterocycles. The lowest BCUT2D eigenvalue weighted by atomic mass is 9.84. The lowest BCUT2D eigenvalue weighted by Crippen LogP contribution is -2.55. The number of nitrogens with one attached hydrogen (secondary N) is 2. The summed E-state index contributed by atoms with van der Waals surface area (Å²) in [5.74, 6) is 0.594. The third-order valence-corrected chi connectivity index (χ3v) is 5.92. The molecule has 0 saturated carbocycles. The second kappa shape index (κ2) is 8.19. The first kappa shape index (κ1) is 18.1. The number of benzene rings is 1. The van der Waals surface area contributed by atoms with Crippen LogP contribution in [-0.2, 0) is 11.2 Å². The van der Waals surface area contributed by atoms with Gasteiger partial charge in [0, 0.05) is 43.5 Å². The van der Waals surface area contributed by atoms with Crippen molar-refractivity contribution in [2.75, 3.05) is 13.1 Å². The molecule has 27 heavy (non-hydrogen) atoms. The normalized spacial score (nSPS) is 25.5. The van der Waals surface area contributed by atoms with E-state index in [9.17, 15) is 4.79 Å². The molecular formula is C22H28N4O. The summed E-state index contributed by atoms with van der Waals surface area (Å²) in [5.41, 5.74) is 10.4. The molecule has 1 aromatic heterocycles. The van der Waals surface area contributed by atoms with Crippen LogP contribution in [0.2, 0.25) is 0 Å². The van der Waals surface area contributed by atoms with Crippen molar-refractivity contribution < 1.29 is 4.79 Å². The SMILES string of the molecule is Cc1ccc(CC(=O)N2CCCCC2C2NNCC2c2ccncc2)cc1. The molecule has 3 unspecified atom stereocenters. The zero-order valence-corrected chi connectivity index (χ0v) is 15.9. The maximum absolute atomic E-state index is 13.1. The van der Waals surface area contributed by atoms with Crippen LogP contribution in [0.25, 0.3) is 0 Å². The molecule has 2 saturated heterocycles. The molecule has 2 aliphatic rings. The fourth-order valence-corrected chi connectivity index (χ4v) is 4.44. The number of amides is 1. The van der Waals surface area contributed by atoms with E-state index in [1.54, 1.807) is 0 Å². The zero-order chi connectivity index (χ0) is 18.6. The minimum Gasteiger partial charge on any atom is -0.338 e. The number of aromatic nitrogens is 1. The average molecular weight is 364 g/mol. The smallest absolute Gasteiger partial charge is 0.227 e. The molecule has 0 spiro atoms. The second-order valence-corrected chi connectivity index (χ2v) is 7.75. The van der Waals surface area contributed by atoms with Gasteiger partial charge < -0.3 is 4.90 Å². The number of rotatable bonds is 4. The molecule has 0 radical (unpaired) electrons. The molecule has 0 bridgehead atoms. The Kier molecular flexibility index (Phi) is 5.50. The molecule has 5 nitrogen and oxygen atoms in total. The van der Waals surface area contributed by atoms with Gasteiger partial charge in [-0.1, -0.05) is 29.8 Å². The Morgan fingerprint density at radius 2 is 1.93 bits per heavy atom. The number of likely N-dealkylation sites (tertiary alicyclic amines) is 1. The summed E-state index contributed by atoms with van der Waals surface area (Å²) in [4.78, 5) is 19.4. The summed E-state index contributed by atoms with van der Waals surface area (Å²) in [6.45, 7) is 3.81. The number of hydrazine groups is 1. The highest BCUT2D eigenvalue weighted by Gasteiger charge is 2.40. The van der Waals surface area contributed by atoms with E-state index in [0.29, 0.717) is 12.3 Å². The first-order chi connectivity index (χ1) is 13.2. The van der Waals surface area contributed by atoms with Gasteiger partial charge in [0.15, 0.2) is 0 Å². The highest BCUT2D eigenvalue weighted by Crippen LogP contribution is 2.31. The minimum absolute atomic E-state index is 0.227. The number of carbonyl (C=O) groups excluding carboxylic acids is 1. The van der Waals surface area contributed by atoms with E-state index in [1.165, 1.54) is 17.5 Å². The van der Waals surface area contributed by atoms with Crippen LogP contribution < -0.4 is 10.9 Å². The molecule has 5 heteroatoms. The maximum atomic E-state index is 13.1. The molecular weight excluding hydrogens is 336 g/mol. The Labute approximate surface area is 161 Å². The highest BCUT2D eigenvalue weighted by atomic mass is 16.2. The predicted octanol–water partition coefficient (Wildman–Crippen LogP) is 2.57. The van der Waals surface area contributed by atoms with Crippen molar-refractivity contribution in [1.82, 2.24) is 20.7 Å². The summed E-state index contributed by atoms with van der Waals surface area (Å²) in [6, 6.07) is 12.9. The van der Waals surface area contributed by atoms with Crippen LogP contribution in [0.5, 0.6) is 0 Å².